The fourth-order valence-corrected chi connectivity index (χ4v) is 4.65. The Bertz CT molecular complexity index is 806. The highest BCUT2D eigenvalue weighted by molar-refractivity contribution is 5.75. The molecule has 3 aliphatic rings. The highest BCUT2D eigenvalue weighted by atomic mass is 16.7. The van der Waals surface area contributed by atoms with E-state index in [1.54, 1.807) is 7.11 Å². The zero-order chi connectivity index (χ0) is 21.7. The number of ether oxygens (including phenoxy) is 2. The number of benzene rings is 1. The van der Waals surface area contributed by atoms with Crippen LogP contribution < -0.4 is 20.3 Å². The van der Waals surface area contributed by atoms with Crippen molar-refractivity contribution in [2.24, 2.45) is 0 Å². The summed E-state index contributed by atoms with van der Waals surface area (Å²) in [6.45, 7) is 4.14. The summed E-state index contributed by atoms with van der Waals surface area (Å²) in [5.74, 6) is 1.52. The largest absolute Gasteiger partial charge is 0.493 e. The number of carbonyl (C=O) groups excluding carboxylic acids is 1. The number of hydroxylamine groups is 1. The molecular weight excluding hydrogens is 394 g/mol. The molecule has 31 heavy (non-hydrogen) atoms. The van der Waals surface area contributed by atoms with Gasteiger partial charge in [-0.1, -0.05) is 13.3 Å². The molecule has 1 saturated heterocycles. The lowest BCUT2D eigenvalue weighted by Gasteiger charge is -2.37. The van der Waals surface area contributed by atoms with Gasteiger partial charge in [-0.2, -0.15) is 0 Å². The monoisotopic (exact) mass is 429 g/mol. The third-order valence-electron chi connectivity index (χ3n) is 6.42. The lowest BCUT2D eigenvalue weighted by atomic mass is 9.91. The first-order valence-electron chi connectivity index (χ1n) is 11.7. The van der Waals surface area contributed by atoms with E-state index in [0.717, 1.165) is 67.8 Å². The van der Waals surface area contributed by atoms with Crippen LogP contribution in [0.3, 0.4) is 0 Å². The number of hydrogen-bond acceptors (Lipinski definition) is 5. The number of unbranched alkanes of at least 4 members (excludes halogenated alkanes) is 1. The maximum Gasteiger partial charge on any atom is 0.317 e. The van der Waals surface area contributed by atoms with Gasteiger partial charge >= 0.3 is 6.03 Å². The van der Waals surface area contributed by atoms with E-state index >= 15 is 0 Å². The van der Waals surface area contributed by atoms with E-state index in [1.165, 1.54) is 12.8 Å². The minimum Gasteiger partial charge on any atom is -0.493 e. The second kappa shape index (κ2) is 9.81. The molecule has 2 fully saturated rings. The lowest BCUT2D eigenvalue weighted by molar-refractivity contribution is -0.0672. The number of nitrogens with one attached hydrogen (secondary N) is 2. The van der Waals surface area contributed by atoms with Crippen LogP contribution in [0.4, 0.5) is 4.79 Å². The minimum absolute atomic E-state index is 0.00493. The number of nitrogens with zero attached hydrogens (tertiary/aromatic N) is 1. The van der Waals surface area contributed by atoms with Gasteiger partial charge < -0.3 is 19.7 Å². The van der Waals surface area contributed by atoms with Crippen molar-refractivity contribution in [2.45, 2.75) is 70.0 Å². The third-order valence-corrected chi connectivity index (χ3v) is 6.42. The van der Waals surface area contributed by atoms with E-state index in [9.17, 15) is 4.79 Å². The van der Waals surface area contributed by atoms with E-state index in [2.05, 4.69) is 23.8 Å². The molecule has 1 aromatic rings. The Balaban J connectivity index is 1.47. The van der Waals surface area contributed by atoms with Crippen molar-refractivity contribution >= 4 is 11.7 Å². The van der Waals surface area contributed by atoms with Crippen molar-refractivity contribution in [3.63, 3.8) is 0 Å². The maximum absolute atomic E-state index is 12.5. The van der Waals surface area contributed by atoms with E-state index in [-0.39, 0.29) is 12.1 Å². The SMILES string of the molecule is CCCCNC(=O)N1CCCC2(C=C(c3ccc(OC)c(OC4CCCC4)c3)NO2)C1. The normalized spacial score (nSPS) is 23.5. The zero-order valence-corrected chi connectivity index (χ0v) is 18.7. The Labute approximate surface area is 185 Å². The number of methoxy groups -OCH3 is 1. The number of urea groups is 1. The Morgan fingerprint density at radius 1 is 1.29 bits per heavy atom. The Hall–Kier alpha value is -2.41. The van der Waals surface area contributed by atoms with Gasteiger partial charge in [-0.25, -0.2) is 4.79 Å². The first-order valence-corrected chi connectivity index (χ1v) is 11.7. The molecule has 1 saturated carbocycles. The predicted octanol–water partition coefficient (Wildman–Crippen LogP) is 4.24. The van der Waals surface area contributed by atoms with Gasteiger partial charge in [0.25, 0.3) is 0 Å². The molecule has 170 valence electrons. The highest BCUT2D eigenvalue weighted by Gasteiger charge is 2.41. The van der Waals surface area contributed by atoms with Gasteiger partial charge in [-0.05, 0) is 69.2 Å². The first kappa shape index (κ1) is 21.8. The van der Waals surface area contributed by atoms with Gasteiger partial charge in [0.15, 0.2) is 11.5 Å². The second-order valence-electron chi connectivity index (χ2n) is 8.83. The summed E-state index contributed by atoms with van der Waals surface area (Å²) in [5.41, 5.74) is 4.52. The third kappa shape index (κ3) is 5.09. The predicted molar refractivity (Wildman–Crippen MR) is 120 cm³/mol. The molecule has 2 aliphatic heterocycles. The molecule has 1 unspecified atom stereocenters. The molecule has 0 aromatic heterocycles. The van der Waals surface area contributed by atoms with Gasteiger partial charge in [0, 0.05) is 18.7 Å². The van der Waals surface area contributed by atoms with Crippen LogP contribution in [0, 0.1) is 0 Å². The van der Waals surface area contributed by atoms with Gasteiger partial charge in [0.2, 0.25) is 0 Å². The summed E-state index contributed by atoms with van der Waals surface area (Å²) in [4.78, 5) is 20.4. The summed E-state index contributed by atoms with van der Waals surface area (Å²) in [5, 5.41) is 3.02. The van der Waals surface area contributed by atoms with Crippen molar-refractivity contribution in [1.82, 2.24) is 15.7 Å². The molecule has 2 N–H and O–H groups in total. The second-order valence-corrected chi connectivity index (χ2v) is 8.83. The lowest BCUT2D eigenvalue weighted by Crippen LogP contribution is -2.53. The van der Waals surface area contributed by atoms with Crippen molar-refractivity contribution in [1.29, 1.82) is 0 Å². The average molecular weight is 430 g/mol. The van der Waals surface area contributed by atoms with Crippen LogP contribution in [0.2, 0.25) is 0 Å². The van der Waals surface area contributed by atoms with Crippen molar-refractivity contribution in [3.05, 3.63) is 29.8 Å². The summed E-state index contributed by atoms with van der Waals surface area (Å²) < 4.78 is 11.8. The molecule has 1 aliphatic carbocycles. The van der Waals surface area contributed by atoms with Crippen LogP contribution >= 0.6 is 0 Å². The molecule has 1 atom stereocenters. The molecule has 2 amide bonds. The number of hydrogen-bond donors (Lipinski definition) is 2. The van der Waals surface area contributed by atoms with Gasteiger partial charge in [-0.3, -0.25) is 10.3 Å². The average Bonchev–Trinajstić information content (AvgIpc) is 3.44. The highest BCUT2D eigenvalue weighted by Crippen LogP contribution is 2.37. The molecule has 7 heteroatoms. The molecule has 1 aromatic carbocycles. The number of carbonyl (C=O) groups is 1. The van der Waals surface area contributed by atoms with Crippen LogP contribution in [0.5, 0.6) is 11.5 Å². The summed E-state index contributed by atoms with van der Waals surface area (Å²) >= 11 is 0. The molecule has 0 bridgehead atoms. The standard InChI is InChI=1S/C24H35N3O4/c1-3-4-13-25-23(28)27-14-7-12-24(17-27)16-20(26-31-24)18-10-11-21(29-2)22(15-18)30-19-8-5-6-9-19/h10-11,15-16,19,26H,3-9,12-14,17H2,1-2H3,(H,25,28). The minimum atomic E-state index is -0.498. The summed E-state index contributed by atoms with van der Waals surface area (Å²) in [6.07, 6.45) is 10.9. The zero-order valence-electron chi connectivity index (χ0n) is 18.7. The number of piperidine rings is 1. The quantitative estimate of drug-likeness (QED) is 0.635. The summed E-state index contributed by atoms with van der Waals surface area (Å²) in [7, 11) is 1.67. The number of rotatable bonds is 7. The Morgan fingerprint density at radius 3 is 2.90 bits per heavy atom. The Kier molecular flexibility index (Phi) is 6.90. The molecular formula is C24H35N3O4. The Morgan fingerprint density at radius 2 is 2.13 bits per heavy atom. The van der Waals surface area contributed by atoms with Crippen LogP contribution in [0.1, 0.15) is 63.9 Å². The van der Waals surface area contributed by atoms with Gasteiger partial charge in [0.1, 0.15) is 5.60 Å². The maximum atomic E-state index is 12.5. The molecule has 1 spiro atoms. The van der Waals surface area contributed by atoms with Crippen molar-refractivity contribution < 1.29 is 19.1 Å². The van der Waals surface area contributed by atoms with Crippen LogP contribution in [0.25, 0.3) is 5.70 Å². The number of likely N-dealkylation sites (tertiary alicyclic amines) is 1. The smallest absolute Gasteiger partial charge is 0.317 e. The molecule has 7 nitrogen and oxygen atoms in total. The van der Waals surface area contributed by atoms with Gasteiger partial charge in [-0.15, -0.1) is 0 Å². The molecule has 2 heterocycles. The first-order chi connectivity index (χ1) is 15.1. The van der Waals surface area contributed by atoms with E-state index in [4.69, 9.17) is 14.3 Å². The van der Waals surface area contributed by atoms with E-state index in [0.29, 0.717) is 13.1 Å². The molecule has 0 radical (unpaired) electrons. The van der Waals surface area contributed by atoms with E-state index in [1.807, 2.05) is 23.1 Å². The van der Waals surface area contributed by atoms with E-state index < -0.39 is 5.60 Å². The fourth-order valence-electron chi connectivity index (χ4n) is 4.65. The van der Waals surface area contributed by atoms with Crippen LogP contribution in [-0.2, 0) is 4.84 Å². The van der Waals surface area contributed by atoms with Crippen molar-refractivity contribution in [2.75, 3.05) is 26.7 Å². The molecule has 4 rings (SSSR count). The fraction of sp³-hybridized carbons (Fsp3) is 0.625. The topological polar surface area (TPSA) is 72.1 Å². The van der Waals surface area contributed by atoms with Crippen LogP contribution in [0.15, 0.2) is 24.3 Å². The van der Waals surface area contributed by atoms with Crippen LogP contribution in [-0.4, -0.2) is 49.4 Å². The van der Waals surface area contributed by atoms with Gasteiger partial charge in [0.05, 0.1) is 25.5 Å². The number of amides is 2. The van der Waals surface area contributed by atoms with Crippen molar-refractivity contribution in [3.8, 4) is 11.5 Å². The summed E-state index contributed by atoms with van der Waals surface area (Å²) in [6, 6.07) is 5.98.